The average Bonchev–Trinajstić information content (AvgIpc) is 3.20. The second kappa shape index (κ2) is 8.67. The first-order chi connectivity index (χ1) is 14.2. The summed E-state index contributed by atoms with van der Waals surface area (Å²) in [5.74, 6) is 0.650. The Morgan fingerprint density at radius 3 is 2.31 bits per heavy atom. The highest BCUT2D eigenvalue weighted by atomic mass is 32.1. The van der Waals surface area contributed by atoms with Crippen LogP contribution in [0.5, 0.6) is 5.75 Å². The molecule has 4 aromatic rings. The number of carbonyl (C=O) groups excluding carboxylic acids is 1. The van der Waals surface area contributed by atoms with Crippen LogP contribution in [0.25, 0.3) is 32.9 Å². The third kappa shape index (κ3) is 4.33. The van der Waals surface area contributed by atoms with Crippen LogP contribution in [0.3, 0.4) is 0 Å². The summed E-state index contributed by atoms with van der Waals surface area (Å²) in [6.45, 7) is 0. The topological polar surface area (TPSA) is 39.2 Å². The maximum absolute atomic E-state index is 12.4. The lowest BCUT2D eigenvalue weighted by atomic mass is 10.1. The number of nitrogens with zero attached hydrogens (tertiary/aromatic N) is 1. The van der Waals surface area contributed by atoms with E-state index in [1.165, 1.54) is 0 Å². The third-order valence-corrected chi connectivity index (χ3v) is 5.55. The van der Waals surface area contributed by atoms with Gasteiger partial charge < -0.3 is 4.74 Å². The van der Waals surface area contributed by atoms with E-state index < -0.39 is 0 Å². The van der Waals surface area contributed by atoms with Crippen molar-refractivity contribution < 1.29 is 9.53 Å². The van der Waals surface area contributed by atoms with Crippen LogP contribution in [-0.2, 0) is 4.79 Å². The maximum atomic E-state index is 12.4. The number of hydrogen-bond acceptors (Lipinski definition) is 4. The lowest BCUT2D eigenvalue weighted by Gasteiger charge is -2.03. The van der Waals surface area contributed by atoms with Gasteiger partial charge in [0.2, 0.25) is 0 Å². The molecule has 0 radical (unpaired) electrons. The van der Waals surface area contributed by atoms with E-state index >= 15 is 0 Å². The molecular weight excluding hydrogens is 378 g/mol. The highest BCUT2D eigenvalue weighted by Crippen LogP contribution is 2.32. The summed E-state index contributed by atoms with van der Waals surface area (Å²) in [5.41, 5.74) is 3.84. The Hall–Kier alpha value is -3.50. The molecule has 0 saturated heterocycles. The number of thiazole rings is 1. The van der Waals surface area contributed by atoms with Gasteiger partial charge in [-0.15, -0.1) is 11.3 Å². The Morgan fingerprint density at radius 1 is 0.862 bits per heavy atom. The highest BCUT2D eigenvalue weighted by molar-refractivity contribution is 7.21. The molecule has 3 aromatic carbocycles. The van der Waals surface area contributed by atoms with Crippen molar-refractivity contribution in [3.63, 3.8) is 0 Å². The second-order valence-electron chi connectivity index (χ2n) is 6.38. The van der Waals surface area contributed by atoms with Crippen LogP contribution in [0, 0.1) is 0 Å². The zero-order valence-corrected chi connectivity index (χ0v) is 16.7. The number of aromatic nitrogens is 1. The van der Waals surface area contributed by atoms with Crippen molar-refractivity contribution in [3.8, 4) is 16.3 Å². The van der Waals surface area contributed by atoms with Gasteiger partial charge in [-0.2, -0.15) is 0 Å². The Balaban J connectivity index is 1.57. The molecule has 0 aliphatic carbocycles. The molecule has 4 heteroatoms. The smallest absolute Gasteiger partial charge is 0.178 e. The zero-order chi connectivity index (χ0) is 20.1. The molecule has 0 saturated carbocycles. The molecule has 29 heavy (non-hydrogen) atoms. The van der Waals surface area contributed by atoms with Crippen LogP contribution >= 0.6 is 11.3 Å². The summed E-state index contributed by atoms with van der Waals surface area (Å²) in [5, 5.41) is 0.948. The maximum Gasteiger partial charge on any atom is 0.178 e. The van der Waals surface area contributed by atoms with Gasteiger partial charge in [0, 0.05) is 11.1 Å². The normalized spacial score (nSPS) is 11.5. The fourth-order valence-electron chi connectivity index (χ4n) is 3.03. The lowest BCUT2D eigenvalue weighted by Crippen LogP contribution is -1.89. The zero-order valence-electron chi connectivity index (χ0n) is 15.9. The van der Waals surface area contributed by atoms with Gasteiger partial charge in [-0.3, -0.25) is 4.79 Å². The lowest BCUT2D eigenvalue weighted by molar-refractivity contribution is -0.110. The molecule has 0 atom stereocenters. The first-order valence-electron chi connectivity index (χ1n) is 9.23. The number of hydrogen-bond donors (Lipinski definition) is 0. The van der Waals surface area contributed by atoms with Crippen LogP contribution in [0.2, 0.25) is 0 Å². The Morgan fingerprint density at radius 2 is 1.52 bits per heavy atom. The standard InChI is InChI=1S/C25H19NO2S/c1-28-23-12-6-3-9-19(23)15-17-20(27)16-14-18-8-2-4-10-21(18)25-26-22-11-5-7-13-24(22)29-25/h2-17H,1H3. The van der Waals surface area contributed by atoms with Gasteiger partial charge in [-0.05, 0) is 42.0 Å². The molecule has 0 spiro atoms. The molecule has 4 rings (SSSR count). The van der Waals surface area contributed by atoms with Crippen LogP contribution in [0.15, 0.2) is 84.9 Å². The summed E-state index contributed by atoms with van der Waals surface area (Å²) in [7, 11) is 1.62. The molecule has 1 aromatic heterocycles. The van der Waals surface area contributed by atoms with E-state index in [4.69, 9.17) is 9.72 Å². The molecule has 1 heterocycles. The molecule has 0 aliphatic heterocycles. The Kier molecular flexibility index (Phi) is 5.63. The van der Waals surface area contributed by atoms with E-state index in [1.54, 1.807) is 36.7 Å². The number of benzene rings is 3. The summed E-state index contributed by atoms with van der Waals surface area (Å²) in [6, 6.07) is 23.7. The van der Waals surface area contributed by atoms with Gasteiger partial charge in [0.05, 0.1) is 17.3 Å². The van der Waals surface area contributed by atoms with Crippen LogP contribution in [0.4, 0.5) is 0 Å². The number of carbonyl (C=O) groups is 1. The molecule has 0 bridgehead atoms. The van der Waals surface area contributed by atoms with Crippen LogP contribution in [-0.4, -0.2) is 17.9 Å². The van der Waals surface area contributed by atoms with E-state index in [1.807, 2.05) is 72.8 Å². The van der Waals surface area contributed by atoms with E-state index in [-0.39, 0.29) is 5.78 Å². The Bertz CT molecular complexity index is 1190. The third-order valence-electron chi connectivity index (χ3n) is 4.48. The minimum atomic E-state index is -0.0880. The largest absolute Gasteiger partial charge is 0.496 e. The highest BCUT2D eigenvalue weighted by Gasteiger charge is 2.08. The monoisotopic (exact) mass is 397 g/mol. The van der Waals surface area contributed by atoms with Crippen LogP contribution in [0.1, 0.15) is 11.1 Å². The predicted molar refractivity (Wildman–Crippen MR) is 121 cm³/mol. The summed E-state index contributed by atoms with van der Waals surface area (Å²) in [4.78, 5) is 17.1. The van der Waals surface area contributed by atoms with Crippen molar-refractivity contribution in [1.82, 2.24) is 4.98 Å². The molecule has 0 unspecified atom stereocenters. The van der Waals surface area contributed by atoms with E-state index in [9.17, 15) is 4.79 Å². The quantitative estimate of drug-likeness (QED) is 0.360. The molecule has 0 N–H and O–H groups in total. The van der Waals surface area contributed by atoms with Crippen molar-refractivity contribution >= 4 is 39.5 Å². The minimum Gasteiger partial charge on any atom is -0.496 e. The van der Waals surface area contributed by atoms with E-state index in [2.05, 4.69) is 6.07 Å². The summed E-state index contributed by atoms with van der Waals surface area (Å²) in [6.07, 6.45) is 6.74. The molecule has 0 aliphatic rings. The SMILES string of the molecule is COc1ccccc1C=CC(=O)C=Cc1ccccc1-c1nc2ccccc2s1. The van der Waals surface area contributed by atoms with Gasteiger partial charge in [0.25, 0.3) is 0 Å². The number of allylic oxidation sites excluding steroid dienone is 2. The summed E-state index contributed by atoms with van der Waals surface area (Å²) >= 11 is 1.65. The predicted octanol–water partition coefficient (Wildman–Crippen LogP) is 6.27. The summed E-state index contributed by atoms with van der Waals surface area (Å²) < 4.78 is 6.46. The van der Waals surface area contributed by atoms with Crippen molar-refractivity contribution in [2.75, 3.05) is 7.11 Å². The number of ether oxygens (including phenoxy) is 1. The number of rotatable bonds is 6. The molecule has 142 valence electrons. The van der Waals surface area contributed by atoms with Gasteiger partial charge in [0.15, 0.2) is 5.78 Å². The Labute approximate surface area is 173 Å². The molecule has 0 amide bonds. The number of ketones is 1. The number of fused-ring (bicyclic) bond motifs is 1. The van der Waals surface area contributed by atoms with E-state index in [0.717, 1.165) is 37.7 Å². The van der Waals surface area contributed by atoms with Gasteiger partial charge in [0.1, 0.15) is 10.8 Å². The number of para-hydroxylation sites is 2. The fourth-order valence-corrected chi connectivity index (χ4v) is 4.04. The van der Waals surface area contributed by atoms with Gasteiger partial charge in [-0.25, -0.2) is 4.98 Å². The van der Waals surface area contributed by atoms with Crippen molar-refractivity contribution in [1.29, 1.82) is 0 Å². The van der Waals surface area contributed by atoms with Crippen molar-refractivity contribution in [2.45, 2.75) is 0 Å². The van der Waals surface area contributed by atoms with Crippen LogP contribution < -0.4 is 4.74 Å². The fraction of sp³-hybridized carbons (Fsp3) is 0.0400. The van der Waals surface area contributed by atoms with Crippen molar-refractivity contribution in [3.05, 3.63) is 96.1 Å². The van der Waals surface area contributed by atoms with Gasteiger partial charge in [-0.1, -0.05) is 60.7 Å². The van der Waals surface area contributed by atoms with E-state index in [0.29, 0.717) is 0 Å². The van der Waals surface area contributed by atoms with Gasteiger partial charge >= 0.3 is 0 Å². The molecular formula is C25H19NO2S. The first kappa shape index (κ1) is 18.8. The first-order valence-corrected chi connectivity index (χ1v) is 10.0. The molecule has 3 nitrogen and oxygen atoms in total. The minimum absolute atomic E-state index is 0.0880. The van der Waals surface area contributed by atoms with Crippen molar-refractivity contribution in [2.24, 2.45) is 0 Å². The average molecular weight is 397 g/mol. The molecule has 0 fully saturated rings. The second-order valence-corrected chi connectivity index (χ2v) is 7.42. The number of methoxy groups -OCH3 is 1.